The molecule has 0 saturated heterocycles. The van der Waals surface area contributed by atoms with Crippen LogP contribution in [0.2, 0.25) is 0 Å². The van der Waals surface area contributed by atoms with Gasteiger partial charge in [0.05, 0.1) is 4.92 Å². The summed E-state index contributed by atoms with van der Waals surface area (Å²) in [5.41, 5.74) is 1.91. The first kappa shape index (κ1) is 15.5. The predicted octanol–water partition coefficient (Wildman–Crippen LogP) is 2.98. The van der Waals surface area contributed by atoms with Gasteiger partial charge in [0.2, 0.25) is 0 Å². The molecule has 0 unspecified atom stereocenters. The molecule has 1 N–H and O–H groups in total. The molecule has 0 fully saturated rings. The Kier molecular flexibility index (Phi) is 4.29. The van der Waals surface area contributed by atoms with Crippen LogP contribution in [0.5, 0.6) is 0 Å². The molecule has 0 aliphatic rings. The van der Waals surface area contributed by atoms with Crippen molar-refractivity contribution >= 4 is 32.5 Å². The third-order valence-electron chi connectivity index (χ3n) is 3.01. The molecule has 1 heterocycles. The molecule has 1 aromatic carbocycles. The molecule has 0 spiro atoms. The number of rotatable bonds is 5. The molecular formula is C13H14N2O4S2. The van der Waals surface area contributed by atoms with Gasteiger partial charge in [0.15, 0.2) is 9.84 Å². The summed E-state index contributed by atoms with van der Waals surface area (Å²) >= 11 is 1.55. The number of para-hydroxylation sites is 1. The van der Waals surface area contributed by atoms with Crippen LogP contribution >= 0.6 is 11.3 Å². The lowest BCUT2D eigenvalue weighted by atomic mass is 10.2. The largest absolute Gasteiger partial charge is 0.375 e. The van der Waals surface area contributed by atoms with E-state index in [0.717, 1.165) is 17.4 Å². The van der Waals surface area contributed by atoms with Gasteiger partial charge in [-0.3, -0.25) is 10.1 Å². The Morgan fingerprint density at radius 1 is 1.33 bits per heavy atom. The number of nitro groups is 1. The summed E-state index contributed by atoms with van der Waals surface area (Å²) < 4.78 is 23.3. The SMILES string of the molecule is Cc1cscc1CNc1cccc(S(C)(=O)=O)c1[N+](=O)[O-]. The van der Waals surface area contributed by atoms with Crippen molar-refractivity contribution in [2.75, 3.05) is 11.6 Å². The normalized spacial score (nSPS) is 11.3. The average Bonchev–Trinajstić information content (AvgIpc) is 2.80. The number of sulfone groups is 1. The number of thiophene rings is 1. The number of aryl methyl sites for hydroxylation is 1. The molecule has 0 atom stereocenters. The van der Waals surface area contributed by atoms with Gasteiger partial charge in [0.25, 0.3) is 0 Å². The number of anilines is 1. The van der Waals surface area contributed by atoms with Gasteiger partial charge in [-0.15, -0.1) is 0 Å². The monoisotopic (exact) mass is 326 g/mol. The van der Waals surface area contributed by atoms with Crippen LogP contribution in [-0.4, -0.2) is 19.6 Å². The van der Waals surface area contributed by atoms with Gasteiger partial charge in [-0.1, -0.05) is 6.07 Å². The predicted molar refractivity (Wildman–Crippen MR) is 82.6 cm³/mol. The van der Waals surface area contributed by atoms with Crippen LogP contribution in [0, 0.1) is 17.0 Å². The van der Waals surface area contributed by atoms with E-state index in [1.807, 2.05) is 17.7 Å². The zero-order valence-electron chi connectivity index (χ0n) is 11.5. The van der Waals surface area contributed by atoms with E-state index in [-0.39, 0.29) is 10.6 Å². The van der Waals surface area contributed by atoms with Crippen LogP contribution in [0.25, 0.3) is 0 Å². The molecule has 6 nitrogen and oxygen atoms in total. The molecule has 0 radical (unpaired) electrons. The van der Waals surface area contributed by atoms with E-state index < -0.39 is 20.4 Å². The summed E-state index contributed by atoms with van der Waals surface area (Å²) in [7, 11) is -3.66. The van der Waals surface area contributed by atoms with Gasteiger partial charge in [0.1, 0.15) is 10.6 Å². The molecule has 8 heteroatoms. The lowest BCUT2D eigenvalue weighted by Crippen LogP contribution is -2.07. The third kappa shape index (κ3) is 3.40. The van der Waals surface area contributed by atoms with Crippen LogP contribution in [-0.2, 0) is 16.4 Å². The lowest BCUT2D eigenvalue weighted by Gasteiger charge is -2.09. The second-order valence-corrected chi connectivity index (χ2v) is 7.34. The standard InChI is InChI=1S/C13H14N2O4S2/c1-9-7-20-8-10(9)6-14-11-4-3-5-12(21(2,18)19)13(11)15(16)17/h3-5,7-8,14H,6H2,1-2H3. The first-order valence-electron chi connectivity index (χ1n) is 6.03. The molecule has 2 aromatic rings. The number of benzene rings is 1. The number of hydrogen-bond acceptors (Lipinski definition) is 6. The Morgan fingerprint density at radius 3 is 2.57 bits per heavy atom. The van der Waals surface area contributed by atoms with Crippen molar-refractivity contribution in [1.29, 1.82) is 0 Å². The van der Waals surface area contributed by atoms with Gasteiger partial charge in [-0.05, 0) is 40.9 Å². The van der Waals surface area contributed by atoms with Gasteiger partial charge in [0, 0.05) is 12.8 Å². The van der Waals surface area contributed by atoms with Crippen LogP contribution in [0.4, 0.5) is 11.4 Å². The van der Waals surface area contributed by atoms with Crippen molar-refractivity contribution in [2.45, 2.75) is 18.4 Å². The van der Waals surface area contributed by atoms with Crippen molar-refractivity contribution < 1.29 is 13.3 Å². The fourth-order valence-electron chi connectivity index (χ4n) is 1.91. The molecule has 21 heavy (non-hydrogen) atoms. The van der Waals surface area contributed by atoms with Crippen LogP contribution in [0.3, 0.4) is 0 Å². The molecule has 0 amide bonds. The van der Waals surface area contributed by atoms with Crippen molar-refractivity contribution in [3.63, 3.8) is 0 Å². The van der Waals surface area contributed by atoms with Gasteiger partial charge in [-0.25, -0.2) is 8.42 Å². The molecule has 0 aliphatic carbocycles. The number of hydrogen-bond donors (Lipinski definition) is 1. The summed E-state index contributed by atoms with van der Waals surface area (Å²) in [5, 5.41) is 18.1. The maximum Gasteiger partial charge on any atom is 0.310 e. The number of nitro benzene ring substituents is 1. The highest BCUT2D eigenvalue weighted by atomic mass is 32.2. The molecular weight excluding hydrogens is 312 g/mol. The highest BCUT2D eigenvalue weighted by Gasteiger charge is 2.25. The van der Waals surface area contributed by atoms with E-state index in [1.165, 1.54) is 18.2 Å². The van der Waals surface area contributed by atoms with Gasteiger partial charge < -0.3 is 5.32 Å². The van der Waals surface area contributed by atoms with Crippen LogP contribution in [0.1, 0.15) is 11.1 Å². The van der Waals surface area contributed by atoms with E-state index in [9.17, 15) is 18.5 Å². The highest BCUT2D eigenvalue weighted by Crippen LogP contribution is 2.32. The third-order valence-corrected chi connectivity index (χ3v) is 5.05. The van der Waals surface area contributed by atoms with Crippen LogP contribution in [0.15, 0.2) is 33.9 Å². The zero-order valence-corrected chi connectivity index (χ0v) is 13.1. The Morgan fingerprint density at radius 2 is 2.05 bits per heavy atom. The van der Waals surface area contributed by atoms with Gasteiger partial charge in [-0.2, -0.15) is 11.3 Å². The van der Waals surface area contributed by atoms with E-state index >= 15 is 0 Å². The molecule has 112 valence electrons. The van der Waals surface area contributed by atoms with Crippen molar-refractivity contribution in [2.24, 2.45) is 0 Å². The number of nitrogens with one attached hydrogen (secondary N) is 1. The molecule has 0 bridgehead atoms. The molecule has 2 rings (SSSR count). The number of nitrogens with zero attached hydrogens (tertiary/aromatic N) is 1. The Bertz CT molecular complexity index is 781. The van der Waals surface area contributed by atoms with E-state index in [2.05, 4.69) is 5.32 Å². The van der Waals surface area contributed by atoms with Crippen molar-refractivity contribution in [3.05, 3.63) is 50.2 Å². The minimum atomic E-state index is -3.66. The maximum atomic E-state index is 11.7. The molecule has 0 saturated carbocycles. The van der Waals surface area contributed by atoms with E-state index in [4.69, 9.17) is 0 Å². The summed E-state index contributed by atoms with van der Waals surface area (Å²) in [4.78, 5) is 10.3. The average molecular weight is 326 g/mol. The van der Waals surface area contributed by atoms with E-state index in [1.54, 1.807) is 11.3 Å². The minimum Gasteiger partial charge on any atom is -0.375 e. The lowest BCUT2D eigenvalue weighted by molar-refractivity contribution is -0.386. The van der Waals surface area contributed by atoms with Gasteiger partial charge >= 0.3 is 5.69 Å². The Hall–Kier alpha value is -1.93. The summed E-state index contributed by atoms with van der Waals surface area (Å²) in [5.74, 6) is 0. The zero-order chi connectivity index (χ0) is 15.6. The fraction of sp³-hybridized carbons (Fsp3) is 0.231. The maximum absolute atomic E-state index is 11.7. The second kappa shape index (κ2) is 5.82. The summed E-state index contributed by atoms with van der Waals surface area (Å²) in [6, 6.07) is 4.25. The second-order valence-electron chi connectivity index (χ2n) is 4.62. The smallest absolute Gasteiger partial charge is 0.310 e. The molecule has 0 aliphatic heterocycles. The van der Waals surface area contributed by atoms with Crippen molar-refractivity contribution in [3.8, 4) is 0 Å². The summed E-state index contributed by atoms with van der Waals surface area (Å²) in [6.07, 6.45) is 0.960. The highest BCUT2D eigenvalue weighted by molar-refractivity contribution is 7.90. The van der Waals surface area contributed by atoms with Crippen molar-refractivity contribution in [1.82, 2.24) is 0 Å². The Labute approximate surface area is 126 Å². The first-order chi connectivity index (χ1) is 9.80. The quantitative estimate of drug-likeness (QED) is 0.674. The minimum absolute atomic E-state index is 0.202. The first-order valence-corrected chi connectivity index (χ1v) is 8.87. The van der Waals surface area contributed by atoms with E-state index in [0.29, 0.717) is 6.54 Å². The summed E-state index contributed by atoms with van der Waals surface area (Å²) in [6.45, 7) is 2.36. The Balaban J connectivity index is 2.40. The molecule has 1 aromatic heterocycles. The van der Waals surface area contributed by atoms with Crippen LogP contribution < -0.4 is 5.32 Å². The fourth-order valence-corrected chi connectivity index (χ4v) is 3.63. The topological polar surface area (TPSA) is 89.3 Å².